The van der Waals surface area contributed by atoms with Crippen molar-refractivity contribution in [2.75, 3.05) is 18.3 Å². The Balaban J connectivity index is 2.19. The van der Waals surface area contributed by atoms with Gasteiger partial charge in [-0.1, -0.05) is 18.2 Å². The van der Waals surface area contributed by atoms with Crippen molar-refractivity contribution in [1.29, 1.82) is 5.26 Å². The van der Waals surface area contributed by atoms with Crippen LogP contribution < -0.4 is 10.1 Å². The summed E-state index contributed by atoms with van der Waals surface area (Å²) in [6.45, 7) is 0. The van der Waals surface area contributed by atoms with E-state index < -0.39 is 0 Å². The SMILES string of the molecule is COc1ccc(CSc2c(C#N)cccc2NC(=O)CCl)cc1. The number of methoxy groups -OCH3 is 1. The van der Waals surface area contributed by atoms with Gasteiger partial charge in [-0.2, -0.15) is 5.26 Å². The number of nitrogens with one attached hydrogen (secondary N) is 1. The van der Waals surface area contributed by atoms with Crippen molar-refractivity contribution in [2.24, 2.45) is 0 Å². The van der Waals surface area contributed by atoms with Gasteiger partial charge in [-0.3, -0.25) is 4.79 Å². The molecule has 0 atom stereocenters. The van der Waals surface area contributed by atoms with E-state index in [0.717, 1.165) is 16.2 Å². The molecule has 118 valence electrons. The molecule has 0 unspecified atom stereocenters. The average Bonchev–Trinajstić information content (AvgIpc) is 2.60. The largest absolute Gasteiger partial charge is 0.497 e. The maximum Gasteiger partial charge on any atom is 0.239 e. The summed E-state index contributed by atoms with van der Waals surface area (Å²) >= 11 is 7.03. The molecule has 0 saturated heterocycles. The molecule has 0 aliphatic carbocycles. The van der Waals surface area contributed by atoms with E-state index in [0.29, 0.717) is 17.0 Å². The molecule has 0 aromatic heterocycles. The molecule has 6 heteroatoms. The lowest BCUT2D eigenvalue weighted by molar-refractivity contribution is -0.113. The van der Waals surface area contributed by atoms with Crippen molar-refractivity contribution in [2.45, 2.75) is 10.6 Å². The standard InChI is InChI=1S/C17H15ClN2O2S/c1-22-14-7-5-12(6-8-14)11-23-17-13(10-19)3-2-4-15(17)20-16(21)9-18/h2-8H,9,11H2,1H3,(H,20,21). The summed E-state index contributed by atoms with van der Waals surface area (Å²) in [4.78, 5) is 12.3. The molecule has 0 spiro atoms. The zero-order chi connectivity index (χ0) is 16.7. The van der Waals surface area contributed by atoms with Crippen LogP contribution >= 0.6 is 23.4 Å². The van der Waals surface area contributed by atoms with Gasteiger partial charge in [0.2, 0.25) is 5.91 Å². The first kappa shape index (κ1) is 17.2. The van der Waals surface area contributed by atoms with Crippen molar-refractivity contribution in [3.8, 4) is 11.8 Å². The number of benzene rings is 2. The molecule has 23 heavy (non-hydrogen) atoms. The van der Waals surface area contributed by atoms with Gasteiger partial charge in [-0.25, -0.2) is 0 Å². The molecule has 0 bridgehead atoms. The molecule has 0 saturated carbocycles. The first-order valence-electron chi connectivity index (χ1n) is 6.82. The quantitative estimate of drug-likeness (QED) is 0.633. The maximum absolute atomic E-state index is 11.5. The van der Waals surface area contributed by atoms with Gasteiger partial charge in [0.15, 0.2) is 0 Å². The van der Waals surface area contributed by atoms with Gasteiger partial charge < -0.3 is 10.1 Å². The number of nitrogens with zero attached hydrogens (tertiary/aromatic N) is 1. The molecule has 0 aliphatic heterocycles. The van der Waals surface area contributed by atoms with Crippen LogP contribution in [0.25, 0.3) is 0 Å². The van der Waals surface area contributed by atoms with Crippen LogP contribution in [0.2, 0.25) is 0 Å². The fourth-order valence-corrected chi connectivity index (χ4v) is 3.05. The molecular weight excluding hydrogens is 332 g/mol. The van der Waals surface area contributed by atoms with Gasteiger partial charge in [0.25, 0.3) is 0 Å². The highest BCUT2D eigenvalue weighted by Crippen LogP contribution is 2.33. The topological polar surface area (TPSA) is 62.1 Å². The van der Waals surface area contributed by atoms with Gasteiger partial charge >= 0.3 is 0 Å². The third-order valence-corrected chi connectivity index (χ3v) is 4.52. The predicted octanol–water partition coefficient (Wildman–Crippen LogP) is 4.04. The van der Waals surface area contributed by atoms with Crippen molar-refractivity contribution >= 4 is 35.0 Å². The molecule has 2 aromatic rings. The van der Waals surface area contributed by atoms with Crippen LogP contribution in [-0.2, 0) is 10.5 Å². The zero-order valence-electron chi connectivity index (χ0n) is 12.5. The summed E-state index contributed by atoms with van der Waals surface area (Å²) in [5.74, 6) is 1.05. The number of ether oxygens (including phenoxy) is 1. The first-order chi connectivity index (χ1) is 11.2. The molecule has 2 aromatic carbocycles. The van der Waals surface area contributed by atoms with Crippen LogP contribution in [-0.4, -0.2) is 18.9 Å². The molecule has 1 amide bonds. The van der Waals surface area contributed by atoms with Gasteiger partial charge in [-0.05, 0) is 29.8 Å². The number of hydrogen-bond acceptors (Lipinski definition) is 4. The smallest absolute Gasteiger partial charge is 0.239 e. The Bertz CT molecular complexity index is 726. The van der Waals surface area contributed by atoms with Crippen LogP contribution in [0, 0.1) is 11.3 Å². The van der Waals surface area contributed by atoms with Gasteiger partial charge in [0.1, 0.15) is 17.7 Å². The number of hydrogen-bond donors (Lipinski definition) is 1. The highest BCUT2D eigenvalue weighted by atomic mass is 35.5. The molecule has 0 radical (unpaired) electrons. The Labute approximate surface area is 144 Å². The van der Waals surface area contributed by atoms with Crippen molar-refractivity contribution in [1.82, 2.24) is 0 Å². The number of anilines is 1. The fraction of sp³-hybridized carbons (Fsp3) is 0.176. The molecule has 0 aliphatic rings. The van der Waals surface area contributed by atoms with Gasteiger partial charge in [-0.15, -0.1) is 23.4 Å². The molecule has 4 nitrogen and oxygen atoms in total. The summed E-state index contributed by atoms with van der Waals surface area (Å²) < 4.78 is 5.13. The van der Waals surface area contributed by atoms with Crippen LogP contribution in [0.15, 0.2) is 47.4 Å². The van der Waals surface area contributed by atoms with E-state index in [2.05, 4.69) is 11.4 Å². The average molecular weight is 347 g/mol. The zero-order valence-corrected chi connectivity index (χ0v) is 14.1. The Morgan fingerprint density at radius 1 is 1.30 bits per heavy atom. The fourth-order valence-electron chi connectivity index (χ4n) is 1.94. The third-order valence-electron chi connectivity index (χ3n) is 3.07. The number of halogens is 1. The van der Waals surface area contributed by atoms with E-state index in [4.69, 9.17) is 16.3 Å². The third kappa shape index (κ3) is 4.65. The van der Waals surface area contributed by atoms with Gasteiger partial charge in [0, 0.05) is 10.6 Å². The molecule has 1 N–H and O–H groups in total. The summed E-state index contributed by atoms with van der Waals surface area (Å²) in [5, 5.41) is 12.0. The van der Waals surface area contributed by atoms with Crippen LogP contribution in [0.1, 0.15) is 11.1 Å². The second-order valence-electron chi connectivity index (χ2n) is 4.61. The minimum atomic E-state index is -0.298. The monoisotopic (exact) mass is 346 g/mol. The minimum Gasteiger partial charge on any atom is -0.497 e. The van der Waals surface area contributed by atoms with E-state index in [-0.39, 0.29) is 11.8 Å². The summed E-state index contributed by atoms with van der Waals surface area (Å²) in [6.07, 6.45) is 0. The predicted molar refractivity (Wildman–Crippen MR) is 93.1 cm³/mol. The maximum atomic E-state index is 11.5. The second-order valence-corrected chi connectivity index (χ2v) is 5.87. The van der Waals surface area contributed by atoms with Crippen LogP contribution in [0.5, 0.6) is 5.75 Å². The first-order valence-corrected chi connectivity index (χ1v) is 8.34. The Kier molecular flexibility index (Phi) is 6.33. The minimum absolute atomic E-state index is 0.126. The van der Waals surface area contributed by atoms with E-state index in [9.17, 15) is 10.1 Å². The highest BCUT2D eigenvalue weighted by Gasteiger charge is 2.11. The Hall–Kier alpha value is -2.16. The Morgan fingerprint density at radius 2 is 2.04 bits per heavy atom. The summed E-state index contributed by atoms with van der Waals surface area (Å²) in [6, 6.07) is 15.1. The number of carbonyl (C=O) groups excluding carboxylic acids is 1. The number of carbonyl (C=O) groups is 1. The molecule has 0 fully saturated rings. The molecule has 0 heterocycles. The lowest BCUT2D eigenvalue weighted by Gasteiger charge is -2.12. The van der Waals surface area contributed by atoms with Gasteiger partial charge in [0.05, 0.1) is 18.4 Å². The summed E-state index contributed by atoms with van der Waals surface area (Å²) in [7, 11) is 1.62. The second kappa shape index (κ2) is 8.47. The van der Waals surface area contributed by atoms with Crippen LogP contribution in [0.3, 0.4) is 0 Å². The van der Waals surface area contributed by atoms with E-state index in [1.165, 1.54) is 11.8 Å². The lowest BCUT2D eigenvalue weighted by Crippen LogP contribution is -2.13. The lowest BCUT2D eigenvalue weighted by atomic mass is 10.2. The van der Waals surface area contributed by atoms with Crippen LogP contribution in [0.4, 0.5) is 5.69 Å². The normalized spacial score (nSPS) is 9.96. The van der Waals surface area contributed by atoms with E-state index in [1.807, 2.05) is 24.3 Å². The Morgan fingerprint density at radius 3 is 2.65 bits per heavy atom. The van der Waals surface area contributed by atoms with E-state index in [1.54, 1.807) is 25.3 Å². The van der Waals surface area contributed by atoms with Crippen molar-refractivity contribution in [3.63, 3.8) is 0 Å². The molecule has 2 rings (SSSR count). The number of amides is 1. The number of nitriles is 1. The number of thioether (sulfide) groups is 1. The van der Waals surface area contributed by atoms with Crippen molar-refractivity contribution in [3.05, 3.63) is 53.6 Å². The number of alkyl halides is 1. The number of rotatable bonds is 6. The highest BCUT2D eigenvalue weighted by molar-refractivity contribution is 7.98. The van der Waals surface area contributed by atoms with Crippen molar-refractivity contribution < 1.29 is 9.53 Å². The molecular formula is C17H15ClN2O2S. The van der Waals surface area contributed by atoms with E-state index >= 15 is 0 Å². The summed E-state index contributed by atoms with van der Waals surface area (Å²) in [5.41, 5.74) is 2.22.